The summed E-state index contributed by atoms with van der Waals surface area (Å²) in [5.74, 6) is 0.611. The molecule has 136 valence electrons. The minimum absolute atomic E-state index is 0. The van der Waals surface area contributed by atoms with E-state index in [1.165, 1.54) is 12.8 Å². The lowest BCUT2D eigenvalue weighted by molar-refractivity contribution is 0.247. The number of hydrogen-bond acceptors (Lipinski definition) is 2. The molecule has 0 bridgehead atoms. The van der Waals surface area contributed by atoms with Crippen LogP contribution >= 0.6 is 24.0 Å². The summed E-state index contributed by atoms with van der Waals surface area (Å²) in [4.78, 5) is 6.98. The topological polar surface area (TPSA) is 39.7 Å². The lowest BCUT2D eigenvalue weighted by Gasteiger charge is -2.25. The third kappa shape index (κ3) is 6.55. The van der Waals surface area contributed by atoms with E-state index in [-0.39, 0.29) is 29.8 Å². The normalized spacial score (nSPS) is 15.8. The fourth-order valence-electron chi connectivity index (χ4n) is 2.48. The van der Waals surface area contributed by atoms with Crippen LogP contribution in [0.2, 0.25) is 0 Å². The summed E-state index contributed by atoms with van der Waals surface area (Å²) in [7, 11) is 2.18. The molecule has 1 aliphatic carbocycles. The highest BCUT2D eigenvalue weighted by molar-refractivity contribution is 14.0. The molecule has 1 aliphatic rings. The molecule has 0 radical (unpaired) electrons. The Bertz CT molecular complexity index is 546. The first-order chi connectivity index (χ1) is 11.0. The van der Waals surface area contributed by atoms with Crippen LogP contribution in [0.3, 0.4) is 0 Å². The van der Waals surface area contributed by atoms with Crippen LogP contribution in [0, 0.1) is 12.7 Å². The summed E-state index contributed by atoms with van der Waals surface area (Å²) >= 11 is 0. The molecular weight excluding hydrogens is 418 g/mol. The Morgan fingerprint density at radius 3 is 2.67 bits per heavy atom. The summed E-state index contributed by atoms with van der Waals surface area (Å²) in [5, 5.41) is 6.63. The molecule has 1 fully saturated rings. The molecule has 0 saturated heterocycles. The minimum Gasteiger partial charge on any atom is -0.357 e. The summed E-state index contributed by atoms with van der Waals surface area (Å²) in [6.07, 6.45) is 2.63. The van der Waals surface area contributed by atoms with E-state index in [4.69, 9.17) is 0 Å². The number of likely N-dealkylation sites (N-methyl/N-ethyl adjacent to an activating group) is 1. The van der Waals surface area contributed by atoms with Gasteiger partial charge in [0.2, 0.25) is 0 Å². The van der Waals surface area contributed by atoms with Crippen molar-refractivity contribution in [2.75, 3.05) is 20.1 Å². The Morgan fingerprint density at radius 2 is 2.08 bits per heavy atom. The molecule has 2 rings (SSSR count). The van der Waals surface area contributed by atoms with Crippen molar-refractivity contribution in [3.8, 4) is 0 Å². The van der Waals surface area contributed by atoms with E-state index in [0.29, 0.717) is 18.2 Å². The van der Waals surface area contributed by atoms with E-state index in [2.05, 4.69) is 34.5 Å². The van der Waals surface area contributed by atoms with Crippen molar-refractivity contribution in [1.29, 1.82) is 0 Å². The quantitative estimate of drug-likeness (QED) is 0.382. The summed E-state index contributed by atoms with van der Waals surface area (Å²) < 4.78 is 13.6. The molecule has 6 heteroatoms. The van der Waals surface area contributed by atoms with Crippen LogP contribution in [0.25, 0.3) is 0 Å². The number of halogens is 2. The Hall–Kier alpha value is -0.890. The third-order valence-electron chi connectivity index (χ3n) is 4.38. The molecule has 1 atom stereocenters. The molecule has 1 saturated carbocycles. The van der Waals surface area contributed by atoms with E-state index in [9.17, 15) is 4.39 Å². The first-order valence-electron chi connectivity index (χ1n) is 8.50. The predicted molar refractivity (Wildman–Crippen MR) is 110 cm³/mol. The summed E-state index contributed by atoms with van der Waals surface area (Å²) in [6, 6.07) is 6.50. The van der Waals surface area contributed by atoms with Crippen molar-refractivity contribution in [1.82, 2.24) is 15.5 Å². The number of nitrogens with one attached hydrogen (secondary N) is 2. The fourth-order valence-corrected chi connectivity index (χ4v) is 2.48. The third-order valence-corrected chi connectivity index (χ3v) is 4.38. The first kappa shape index (κ1) is 21.2. The summed E-state index contributed by atoms with van der Waals surface area (Å²) in [6.45, 7) is 8.17. The molecule has 1 aromatic rings. The molecule has 1 aromatic carbocycles. The van der Waals surface area contributed by atoms with Gasteiger partial charge in [0.05, 0.1) is 6.54 Å². The molecule has 0 aliphatic heterocycles. The highest BCUT2D eigenvalue weighted by Crippen LogP contribution is 2.26. The van der Waals surface area contributed by atoms with Crippen LogP contribution in [-0.4, -0.2) is 43.1 Å². The number of rotatable bonds is 7. The van der Waals surface area contributed by atoms with Gasteiger partial charge in [0.25, 0.3) is 0 Å². The van der Waals surface area contributed by atoms with Crippen LogP contribution in [0.1, 0.15) is 37.8 Å². The number of aryl methyl sites for hydroxylation is 1. The van der Waals surface area contributed by atoms with Crippen LogP contribution < -0.4 is 10.6 Å². The lowest BCUT2D eigenvalue weighted by atomic mass is 10.1. The molecule has 24 heavy (non-hydrogen) atoms. The highest BCUT2D eigenvalue weighted by Gasteiger charge is 2.28. The van der Waals surface area contributed by atoms with Crippen molar-refractivity contribution in [3.63, 3.8) is 0 Å². The van der Waals surface area contributed by atoms with Crippen molar-refractivity contribution >= 4 is 29.9 Å². The van der Waals surface area contributed by atoms with Crippen LogP contribution in [0.5, 0.6) is 0 Å². The summed E-state index contributed by atoms with van der Waals surface area (Å²) in [5.41, 5.74) is 1.55. The minimum atomic E-state index is -0.171. The Labute approximate surface area is 162 Å². The second kappa shape index (κ2) is 10.2. The highest BCUT2D eigenvalue weighted by atomic mass is 127. The van der Waals surface area contributed by atoms with Gasteiger partial charge in [-0.1, -0.05) is 12.1 Å². The molecule has 2 N–H and O–H groups in total. The fraction of sp³-hybridized carbons (Fsp3) is 0.611. The van der Waals surface area contributed by atoms with Crippen LogP contribution in [-0.2, 0) is 6.54 Å². The second-order valence-corrected chi connectivity index (χ2v) is 6.41. The van der Waals surface area contributed by atoms with Crippen LogP contribution in [0.4, 0.5) is 4.39 Å². The Morgan fingerprint density at radius 1 is 1.38 bits per heavy atom. The zero-order valence-corrected chi connectivity index (χ0v) is 17.4. The number of guanidine groups is 1. The molecule has 0 aromatic heterocycles. The Balaban J connectivity index is 0.00000288. The standard InChI is InChI=1S/C18H29FN4.HI/c1-5-20-18(21-11-14(3)23(4)16-8-9-16)22-12-15-7-6-13(2)17(19)10-15;/h6-7,10,14,16H,5,8-9,11-12H2,1-4H3,(H2,20,21,22);1H. The Kier molecular flexibility index (Phi) is 8.97. The zero-order valence-electron chi connectivity index (χ0n) is 15.1. The predicted octanol–water partition coefficient (Wildman–Crippen LogP) is 3.29. The van der Waals surface area contributed by atoms with Crippen LogP contribution in [0.15, 0.2) is 23.2 Å². The largest absolute Gasteiger partial charge is 0.357 e. The van der Waals surface area contributed by atoms with E-state index in [1.54, 1.807) is 19.1 Å². The number of benzene rings is 1. The van der Waals surface area contributed by atoms with Gasteiger partial charge in [0, 0.05) is 25.2 Å². The van der Waals surface area contributed by atoms with Gasteiger partial charge in [-0.2, -0.15) is 0 Å². The van der Waals surface area contributed by atoms with Gasteiger partial charge >= 0.3 is 0 Å². The average Bonchev–Trinajstić information content (AvgIpc) is 3.37. The van der Waals surface area contributed by atoms with E-state index in [0.717, 1.165) is 30.7 Å². The van der Waals surface area contributed by atoms with Gasteiger partial charge in [-0.15, -0.1) is 24.0 Å². The van der Waals surface area contributed by atoms with Crippen molar-refractivity contribution in [2.24, 2.45) is 4.99 Å². The van der Waals surface area contributed by atoms with E-state index < -0.39 is 0 Å². The lowest BCUT2D eigenvalue weighted by Crippen LogP contribution is -2.45. The molecule has 1 unspecified atom stereocenters. The van der Waals surface area contributed by atoms with Gasteiger partial charge in [0.15, 0.2) is 5.96 Å². The van der Waals surface area contributed by atoms with Crippen molar-refractivity contribution in [3.05, 3.63) is 35.1 Å². The van der Waals surface area contributed by atoms with Crippen molar-refractivity contribution < 1.29 is 4.39 Å². The molecule has 0 amide bonds. The first-order valence-corrected chi connectivity index (χ1v) is 8.50. The SMILES string of the molecule is CCNC(=NCc1ccc(C)c(F)c1)NCC(C)N(C)C1CC1.I. The molecular formula is C18H30FIN4. The average molecular weight is 448 g/mol. The smallest absolute Gasteiger partial charge is 0.191 e. The van der Waals surface area contributed by atoms with E-state index in [1.807, 2.05) is 13.0 Å². The van der Waals surface area contributed by atoms with Gasteiger partial charge in [0.1, 0.15) is 5.82 Å². The van der Waals surface area contributed by atoms with Gasteiger partial charge in [-0.3, -0.25) is 4.90 Å². The number of hydrogen-bond donors (Lipinski definition) is 2. The van der Waals surface area contributed by atoms with Gasteiger partial charge in [-0.25, -0.2) is 9.38 Å². The van der Waals surface area contributed by atoms with Gasteiger partial charge < -0.3 is 10.6 Å². The molecule has 0 heterocycles. The maximum Gasteiger partial charge on any atom is 0.191 e. The van der Waals surface area contributed by atoms with Gasteiger partial charge in [-0.05, 0) is 57.9 Å². The zero-order chi connectivity index (χ0) is 16.8. The monoisotopic (exact) mass is 448 g/mol. The van der Waals surface area contributed by atoms with E-state index >= 15 is 0 Å². The molecule has 4 nitrogen and oxygen atoms in total. The maximum atomic E-state index is 13.6. The molecule has 0 spiro atoms. The number of nitrogens with zero attached hydrogens (tertiary/aromatic N) is 2. The number of aliphatic imine (C=N–C) groups is 1. The maximum absolute atomic E-state index is 13.6. The second-order valence-electron chi connectivity index (χ2n) is 6.41. The van der Waals surface area contributed by atoms with Crippen molar-refractivity contribution in [2.45, 2.75) is 52.2 Å².